The number of ketones is 1. The number of Topliss-reactive ketones (excluding diaryl/α,β-unsaturated/α-hetero) is 1. The normalized spacial score (nSPS) is 11.1. The summed E-state index contributed by atoms with van der Waals surface area (Å²) in [5, 5.41) is 9.02. The molecule has 1 heterocycles. The van der Waals surface area contributed by atoms with Crippen LogP contribution in [0, 0.1) is 11.3 Å². The summed E-state index contributed by atoms with van der Waals surface area (Å²) in [5.74, 6) is -0.130. The van der Waals surface area contributed by atoms with Crippen molar-refractivity contribution in [3.8, 4) is 17.3 Å². The highest BCUT2D eigenvalue weighted by Crippen LogP contribution is 2.25. The summed E-state index contributed by atoms with van der Waals surface area (Å²) in [6.45, 7) is 7.79. The summed E-state index contributed by atoms with van der Waals surface area (Å²) >= 11 is 0. The predicted octanol–water partition coefficient (Wildman–Crippen LogP) is 3.27. The van der Waals surface area contributed by atoms with Crippen LogP contribution in [0.25, 0.3) is 11.3 Å². The Hall–Kier alpha value is -2.67. The maximum absolute atomic E-state index is 12.3. The van der Waals surface area contributed by atoms with Gasteiger partial charge in [0.1, 0.15) is 17.4 Å². The molecule has 4 nitrogen and oxygen atoms in total. The minimum absolute atomic E-state index is 0.0370. The number of pyridine rings is 1. The first kappa shape index (κ1) is 16.7. The minimum Gasteiger partial charge on any atom is -0.300 e. The van der Waals surface area contributed by atoms with E-state index in [4.69, 9.17) is 5.26 Å². The second kappa shape index (κ2) is 6.21. The van der Waals surface area contributed by atoms with E-state index in [1.165, 1.54) is 23.1 Å². The van der Waals surface area contributed by atoms with Crippen molar-refractivity contribution in [1.82, 2.24) is 4.57 Å². The van der Waals surface area contributed by atoms with Crippen LogP contribution < -0.4 is 5.56 Å². The molecule has 0 aliphatic heterocycles. The maximum Gasteiger partial charge on any atom is 0.269 e. The lowest BCUT2D eigenvalue weighted by Crippen LogP contribution is -2.26. The van der Waals surface area contributed by atoms with E-state index in [1.54, 1.807) is 6.07 Å². The van der Waals surface area contributed by atoms with E-state index in [1.807, 2.05) is 30.3 Å². The molecule has 0 bridgehead atoms. The fourth-order valence-electron chi connectivity index (χ4n) is 2.44. The van der Waals surface area contributed by atoms with Crippen molar-refractivity contribution in [2.75, 3.05) is 0 Å². The van der Waals surface area contributed by atoms with Gasteiger partial charge in [0.15, 0.2) is 0 Å². The predicted molar refractivity (Wildman–Crippen MR) is 90.2 cm³/mol. The van der Waals surface area contributed by atoms with Crippen LogP contribution in [-0.4, -0.2) is 10.4 Å². The van der Waals surface area contributed by atoms with Crippen LogP contribution in [-0.2, 0) is 16.8 Å². The Kier molecular flexibility index (Phi) is 4.51. The molecule has 0 aliphatic carbocycles. The monoisotopic (exact) mass is 308 g/mol. The van der Waals surface area contributed by atoms with Gasteiger partial charge in [0.25, 0.3) is 5.56 Å². The number of nitrogens with zero attached hydrogens (tertiary/aromatic N) is 2. The first-order valence-electron chi connectivity index (χ1n) is 7.48. The van der Waals surface area contributed by atoms with E-state index in [2.05, 4.69) is 20.8 Å². The molecule has 0 aliphatic rings. The molecule has 0 amide bonds. The van der Waals surface area contributed by atoms with E-state index in [9.17, 15) is 9.59 Å². The Morgan fingerprint density at radius 3 is 2.22 bits per heavy atom. The van der Waals surface area contributed by atoms with Gasteiger partial charge in [-0.25, -0.2) is 0 Å². The number of carbonyl (C=O) groups excluding carboxylic acids is 1. The van der Waals surface area contributed by atoms with Gasteiger partial charge >= 0.3 is 0 Å². The molecule has 118 valence electrons. The Bertz CT molecular complexity index is 832. The molecule has 0 fully saturated rings. The number of hydrogen-bond acceptors (Lipinski definition) is 3. The fraction of sp³-hybridized carbons (Fsp3) is 0.316. The summed E-state index contributed by atoms with van der Waals surface area (Å²) in [6.07, 6.45) is 0. The van der Waals surface area contributed by atoms with Crippen LogP contribution in [0.5, 0.6) is 0 Å². The van der Waals surface area contributed by atoms with Crippen molar-refractivity contribution >= 4 is 5.78 Å². The SMILES string of the molecule is CC(=O)Cn1c(-c2ccc(C(C)(C)C)cc2)ccc(C#N)c1=O. The molecule has 0 saturated heterocycles. The maximum atomic E-state index is 12.3. The molecule has 0 radical (unpaired) electrons. The third-order valence-corrected chi connectivity index (χ3v) is 3.72. The summed E-state index contributed by atoms with van der Waals surface area (Å²) < 4.78 is 1.37. The van der Waals surface area contributed by atoms with Crippen LogP contribution in [0.1, 0.15) is 38.8 Å². The van der Waals surface area contributed by atoms with Crippen LogP contribution in [0.4, 0.5) is 0 Å². The quantitative estimate of drug-likeness (QED) is 0.874. The molecule has 0 unspecified atom stereocenters. The van der Waals surface area contributed by atoms with Crippen LogP contribution in [0.2, 0.25) is 0 Å². The molecule has 2 rings (SSSR count). The van der Waals surface area contributed by atoms with E-state index in [0.717, 1.165) is 5.56 Å². The highest BCUT2D eigenvalue weighted by atomic mass is 16.1. The Morgan fingerprint density at radius 1 is 1.13 bits per heavy atom. The Balaban J connectivity index is 2.59. The third-order valence-electron chi connectivity index (χ3n) is 3.72. The third kappa shape index (κ3) is 3.57. The van der Waals surface area contributed by atoms with Crippen molar-refractivity contribution in [1.29, 1.82) is 5.26 Å². The lowest BCUT2D eigenvalue weighted by atomic mass is 9.86. The van der Waals surface area contributed by atoms with Gasteiger partial charge < -0.3 is 0 Å². The lowest BCUT2D eigenvalue weighted by molar-refractivity contribution is -0.117. The zero-order chi connectivity index (χ0) is 17.2. The van der Waals surface area contributed by atoms with Crippen LogP contribution in [0.15, 0.2) is 41.2 Å². The summed E-state index contributed by atoms with van der Waals surface area (Å²) in [6, 6.07) is 13.0. The van der Waals surface area contributed by atoms with Gasteiger partial charge in [0.05, 0.1) is 12.2 Å². The summed E-state index contributed by atoms with van der Waals surface area (Å²) in [7, 11) is 0. The van der Waals surface area contributed by atoms with Gasteiger partial charge in [-0.15, -0.1) is 0 Å². The molecule has 23 heavy (non-hydrogen) atoms. The lowest BCUT2D eigenvalue weighted by Gasteiger charge is -2.19. The zero-order valence-corrected chi connectivity index (χ0v) is 13.9. The minimum atomic E-state index is -0.430. The number of rotatable bonds is 3. The van der Waals surface area contributed by atoms with Gasteiger partial charge in [-0.3, -0.25) is 14.2 Å². The summed E-state index contributed by atoms with van der Waals surface area (Å²) in [4.78, 5) is 23.8. The molecule has 0 spiro atoms. The Labute approximate surface area is 136 Å². The van der Waals surface area contributed by atoms with Crippen LogP contribution >= 0.6 is 0 Å². The molecule has 1 aromatic heterocycles. The number of benzene rings is 1. The zero-order valence-electron chi connectivity index (χ0n) is 13.9. The largest absolute Gasteiger partial charge is 0.300 e. The number of aromatic nitrogens is 1. The van der Waals surface area contributed by atoms with Gasteiger partial charge in [0, 0.05) is 0 Å². The van der Waals surface area contributed by atoms with Crippen molar-refractivity contribution in [2.24, 2.45) is 0 Å². The highest BCUT2D eigenvalue weighted by Gasteiger charge is 2.15. The molecule has 0 saturated carbocycles. The van der Waals surface area contributed by atoms with E-state index < -0.39 is 5.56 Å². The van der Waals surface area contributed by atoms with E-state index in [-0.39, 0.29) is 23.3 Å². The van der Waals surface area contributed by atoms with Gasteiger partial charge in [-0.1, -0.05) is 45.0 Å². The Morgan fingerprint density at radius 2 is 1.74 bits per heavy atom. The molecule has 1 aromatic carbocycles. The van der Waals surface area contributed by atoms with Crippen molar-refractivity contribution in [2.45, 2.75) is 39.7 Å². The van der Waals surface area contributed by atoms with Crippen molar-refractivity contribution < 1.29 is 4.79 Å². The standard InChI is InChI=1S/C19H20N2O2/c1-13(22)12-21-17(10-7-15(11-20)18(21)23)14-5-8-16(9-6-14)19(2,3)4/h5-10H,12H2,1-4H3. The van der Waals surface area contributed by atoms with E-state index >= 15 is 0 Å². The average molecular weight is 308 g/mol. The molecule has 0 atom stereocenters. The van der Waals surface area contributed by atoms with Crippen molar-refractivity contribution in [3.63, 3.8) is 0 Å². The number of hydrogen-bond donors (Lipinski definition) is 0. The molecule has 0 N–H and O–H groups in total. The number of nitriles is 1. The second-order valence-corrected chi connectivity index (χ2v) is 6.66. The molecular formula is C19H20N2O2. The first-order chi connectivity index (χ1) is 10.7. The smallest absolute Gasteiger partial charge is 0.269 e. The van der Waals surface area contributed by atoms with E-state index in [0.29, 0.717) is 5.69 Å². The first-order valence-corrected chi connectivity index (χ1v) is 7.48. The number of carbonyl (C=O) groups is 1. The molecular weight excluding hydrogens is 288 g/mol. The fourth-order valence-corrected chi connectivity index (χ4v) is 2.44. The van der Waals surface area contributed by atoms with Crippen LogP contribution in [0.3, 0.4) is 0 Å². The van der Waals surface area contributed by atoms with Gasteiger partial charge in [-0.2, -0.15) is 5.26 Å². The molecule has 4 heteroatoms. The van der Waals surface area contributed by atoms with Gasteiger partial charge in [-0.05, 0) is 35.6 Å². The molecule has 2 aromatic rings. The van der Waals surface area contributed by atoms with Crippen molar-refractivity contribution in [3.05, 3.63) is 57.9 Å². The average Bonchev–Trinajstić information content (AvgIpc) is 2.48. The second-order valence-electron chi connectivity index (χ2n) is 6.66. The summed E-state index contributed by atoms with van der Waals surface area (Å²) in [5.41, 5.74) is 2.34. The van der Waals surface area contributed by atoms with Gasteiger partial charge in [0.2, 0.25) is 0 Å². The highest BCUT2D eigenvalue weighted by molar-refractivity contribution is 5.76. The topological polar surface area (TPSA) is 62.9 Å².